The average molecular weight is 546 g/mol. The van der Waals surface area contributed by atoms with E-state index in [0.717, 1.165) is 39.5 Å². The Morgan fingerprint density at radius 2 is 1.63 bits per heavy atom. The van der Waals surface area contributed by atoms with Crippen molar-refractivity contribution in [3.63, 3.8) is 0 Å². The largest absolute Gasteiger partial charge is 0.495 e. The topological polar surface area (TPSA) is 90.4 Å². The van der Waals surface area contributed by atoms with E-state index in [1.54, 1.807) is 24.3 Å². The maximum absolute atomic E-state index is 14.3. The number of carbonyl (C=O) groups excluding carboxylic acids is 1. The number of rotatable bonds is 5. The molecule has 3 heterocycles. The molecule has 1 aliphatic heterocycles. The molecule has 0 bridgehead atoms. The number of para-hydroxylation sites is 1. The number of aliphatic imine (C=N–C) groups is 1. The summed E-state index contributed by atoms with van der Waals surface area (Å²) < 4.78 is 9.15. The summed E-state index contributed by atoms with van der Waals surface area (Å²) in [6.07, 6.45) is 4.50. The first-order valence-corrected chi connectivity index (χ1v) is 13.4. The van der Waals surface area contributed by atoms with Crippen molar-refractivity contribution in [3.8, 4) is 22.7 Å². The normalized spacial score (nSPS) is 15.3. The molecule has 0 aliphatic carbocycles. The Kier molecular flexibility index (Phi) is 6.49. The lowest BCUT2D eigenvalue weighted by Gasteiger charge is -2.36. The summed E-state index contributed by atoms with van der Waals surface area (Å²) in [4.78, 5) is 25.5. The highest BCUT2D eigenvalue weighted by Crippen LogP contribution is 2.36. The molecule has 1 amide bonds. The van der Waals surface area contributed by atoms with Crippen molar-refractivity contribution in [2.45, 2.75) is 39.4 Å². The molecule has 41 heavy (non-hydrogen) atoms. The number of benzene rings is 3. The fourth-order valence-electron chi connectivity index (χ4n) is 5.17. The summed E-state index contributed by atoms with van der Waals surface area (Å²) in [6, 6.07) is 23.6. The Balaban J connectivity index is 1.45. The Morgan fingerprint density at radius 3 is 2.34 bits per heavy atom. The third-order valence-electron chi connectivity index (χ3n) is 7.04. The van der Waals surface area contributed by atoms with E-state index < -0.39 is 11.7 Å². The van der Waals surface area contributed by atoms with E-state index in [4.69, 9.17) is 9.73 Å². The fourth-order valence-corrected chi connectivity index (χ4v) is 5.17. The van der Waals surface area contributed by atoms with Gasteiger partial charge in [-0.3, -0.25) is 4.79 Å². The van der Waals surface area contributed by atoms with Crippen LogP contribution in [0.1, 0.15) is 43.8 Å². The van der Waals surface area contributed by atoms with Gasteiger partial charge in [-0.25, -0.2) is 14.7 Å². The van der Waals surface area contributed by atoms with Crippen molar-refractivity contribution < 1.29 is 9.53 Å². The van der Waals surface area contributed by atoms with Gasteiger partial charge in [-0.15, -0.1) is 5.10 Å². The van der Waals surface area contributed by atoms with Crippen LogP contribution in [-0.2, 0) is 4.79 Å². The lowest BCUT2D eigenvalue weighted by Crippen LogP contribution is -2.48. The highest BCUT2D eigenvalue weighted by Gasteiger charge is 2.39. The van der Waals surface area contributed by atoms with Crippen LogP contribution in [0.4, 0.5) is 5.69 Å². The highest BCUT2D eigenvalue weighted by atomic mass is 16.5. The van der Waals surface area contributed by atoms with Crippen molar-refractivity contribution in [2.24, 2.45) is 4.99 Å². The van der Waals surface area contributed by atoms with E-state index in [2.05, 4.69) is 15.3 Å². The number of methoxy groups -OCH3 is 1. The molecule has 206 valence electrons. The number of aryl methyl sites for hydroxylation is 1. The summed E-state index contributed by atoms with van der Waals surface area (Å²) in [5, 5.41) is 8.85. The molecule has 9 nitrogen and oxygen atoms in total. The van der Waals surface area contributed by atoms with Crippen LogP contribution in [0.25, 0.3) is 16.9 Å². The van der Waals surface area contributed by atoms with Crippen LogP contribution in [-0.4, -0.2) is 48.8 Å². The van der Waals surface area contributed by atoms with E-state index >= 15 is 0 Å². The smallest absolute Gasteiger partial charge is 0.274 e. The zero-order valence-electron chi connectivity index (χ0n) is 23.7. The minimum atomic E-state index is -0.951. The molecule has 1 unspecified atom stereocenters. The molecule has 6 rings (SSSR count). The van der Waals surface area contributed by atoms with Crippen molar-refractivity contribution in [3.05, 3.63) is 108 Å². The lowest BCUT2D eigenvalue weighted by atomic mass is 9.97. The van der Waals surface area contributed by atoms with Crippen LogP contribution in [0.2, 0.25) is 0 Å². The van der Waals surface area contributed by atoms with Gasteiger partial charge in [0.15, 0.2) is 0 Å². The van der Waals surface area contributed by atoms with Gasteiger partial charge in [0.05, 0.1) is 42.4 Å². The van der Waals surface area contributed by atoms with Gasteiger partial charge < -0.3 is 14.2 Å². The Morgan fingerprint density at radius 1 is 0.878 bits per heavy atom. The highest BCUT2D eigenvalue weighted by molar-refractivity contribution is 6.20. The molecule has 2 aromatic heterocycles. The lowest BCUT2D eigenvalue weighted by molar-refractivity contribution is -0.122. The average Bonchev–Trinajstić information content (AvgIpc) is 3.60. The molecule has 1 atom stereocenters. The Labute approximate surface area is 238 Å². The van der Waals surface area contributed by atoms with Gasteiger partial charge >= 0.3 is 0 Å². The maximum Gasteiger partial charge on any atom is 0.274 e. The zero-order valence-corrected chi connectivity index (χ0v) is 23.7. The summed E-state index contributed by atoms with van der Waals surface area (Å²) >= 11 is 0. The van der Waals surface area contributed by atoms with E-state index in [1.165, 1.54) is 0 Å². The second-order valence-corrected chi connectivity index (χ2v) is 11.0. The SMILES string of the molecule is COc1cc(-c2cn(C3N=C(c4ccccc4)c4ccccc4N(C(C)(C)C)C3=O)nn2)ccc1-n1cnc(C)c1. The van der Waals surface area contributed by atoms with Gasteiger partial charge in [-0.05, 0) is 45.9 Å². The van der Waals surface area contributed by atoms with Crippen molar-refractivity contribution in [1.29, 1.82) is 0 Å². The van der Waals surface area contributed by atoms with Crippen LogP contribution >= 0.6 is 0 Å². The first-order chi connectivity index (χ1) is 19.7. The van der Waals surface area contributed by atoms with Gasteiger partial charge in [-0.2, -0.15) is 0 Å². The van der Waals surface area contributed by atoms with E-state index in [1.807, 2.05) is 116 Å². The molecular formula is C32H31N7O2. The van der Waals surface area contributed by atoms with Crippen LogP contribution in [0, 0.1) is 6.92 Å². The standard InChI is InChI=1S/C32H31N7O2/c1-21-18-37(20-33-21)27-16-15-23(17-28(27)41-5)25-19-38(36-35-25)30-31(40)39(32(2,3)4)26-14-10-9-13-24(26)29(34-30)22-11-7-6-8-12-22/h6-20,30H,1-5H3. The number of hydrogen-bond acceptors (Lipinski definition) is 6. The summed E-state index contributed by atoms with van der Waals surface area (Å²) in [7, 11) is 1.63. The summed E-state index contributed by atoms with van der Waals surface area (Å²) in [6.45, 7) is 8.01. The van der Waals surface area contributed by atoms with Crippen molar-refractivity contribution in [2.75, 3.05) is 12.0 Å². The molecule has 0 saturated carbocycles. The number of fused-ring (bicyclic) bond motifs is 1. The molecule has 0 radical (unpaired) electrons. The summed E-state index contributed by atoms with van der Waals surface area (Å²) in [5.41, 5.74) is 6.01. The number of carbonyl (C=O) groups is 1. The number of aromatic nitrogens is 5. The van der Waals surface area contributed by atoms with Crippen molar-refractivity contribution >= 4 is 17.3 Å². The Bertz CT molecular complexity index is 1760. The number of imidazole rings is 1. The van der Waals surface area contributed by atoms with Crippen LogP contribution in [0.5, 0.6) is 5.75 Å². The first-order valence-electron chi connectivity index (χ1n) is 13.4. The number of anilines is 1. The van der Waals surface area contributed by atoms with Crippen LogP contribution in [0.15, 0.2) is 96.5 Å². The molecular weight excluding hydrogens is 514 g/mol. The van der Waals surface area contributed by atoms with Crippen molar-refractivity contribution in [1.82, 2.24) is 24.5 Å². The minimum Gasteiger partial charge on any atom is -0.495 e. The maximum atomic E-state index is 14.3. The molecule has 9 heteroatoms. The predicted octanol–water partition coefficient (Wildman–Crippen LogP) is 5.63. The Hall–Kier alpha value is -5.05. The predicted molar refractivity (Wildman–Crippen MR) is 159 cm³/mol. The monoisotopic (exact) mass is 545 g/mol. The third-order valence-corrected chi connectivity index (χ3v) is 7.04. The summed E-state index contributed by atoms with van der Waals surface area (Å²) in [5.74, 6) is 0.481. The minimum absolute atomic E-state index is 0.185. The molecule has 0 saturated heterocycles. The van der Waals surface area contributed by atoms with Crippen LogP contribution < -0.4 is 9.64 Å². The number of amides is 1. The van der Waals surface area contributed by atoms with Gasteiger partial charge in [0.1, 0.15) is 11.4 Å². The second kappa shape index (κ2) is 10.2. The third kappa shape index (κ3) is 4.80. The molecule has 0 spiro atoms. The number of ether oxygens (including phenoxy) is 1. The zero-order chi connectivity index (χ0) is 28.7. The second-order valence-electron chi connectivity index (χ2n) is 11.0. The number of nitrogens with zero attached hydrogens (tertiary/aromatic N) is 7. The molecule has 3 aromatic carbocycles. The number of hydrogen-bond donors (Lipinski definition) is 0. The molecule has 1 aliphatic rings. The molecule has 0 fully saturated rings. The van der Waals surface area contributed by atoms with Gasteiger partial charge in [0, 0.05) is 28.4 Å². The molecule has 5 aromatic rings. The fraction of sp³-hybridized carbons (Fsp3) is 0.219. The first kappa shape index (κ1) is 26.2. The van der Waals surface area contributed by atoms with E-state index in [-0.39, 0.29) is 5.91 Å². The van der Waals surface area contributed by atoms with Gasteiger partial charge in [-0.1, -0.05) is 59.8 Å². The van der Waals surface area contributed by atoms with E-state index in [0.29, 0.717) is 11.4 Å². The quantitative estimate of drug-likeness (QED) is 0.286. The van der Waals surface area contributed by atoms with E-state index in [9.17, 15) is 4.79 Å². The van der Waals surface area contributed by atoms with Crippen LogP contribution in [0.3, 0.4) is 0 Å². The molecule has 0 N–H and O–H groups in total. The van der Waals surface area contributed by atoms with Gasteiger partial charge in [0.25, 0.3) is 5.91 Å². The van der Waals surface area contributed by atoms with Gasteiger partial charge in [0.2, 0.25) is 6.17 Å². The number of benzodiazepines with no additional fused rings is 1.